The average Bonchev–Trinajstić information content (AvgIpc) is 2.84. The van der Waals surface area contributed by atoms with Crippen LogP contribution in [-0.4, -0.2) is 50.2 Å². The highest BCUT2D eigenvalue weighted by atomic mass is 16.5. The smallest absolute Gasteiger partial charge is 0.340 e. The Balaban J connectivity index is 1.75. The maximum Gasteiger partial charge on any atom is 0.340 e. The zero-order valence-electron chi connectivity index (χ0n) is 20.3. The van der Waals surface area contributed by atoms with Gasteiger partial charge in [-0.1, -0.05) is 19.3 Å². The number of aliphatic carboxylic acids is 1. The molecule has 2 amide bonds. The van der Waals surface area contributed by atoms with Gasteiger partial charge in [-0.15, -0.1) is 0 Å². The van der Waals surface area contributed by atoms with Gasteiger partial charge in [-0.3, -0.25) is 14.4 Å². The molecular weight excluding hydrogens is 456 g/mol. The molecule has 35 heavy (non-hydrogen) atoms. The highest BCUT2D eigenvalue weighted by Gasteiger charge is 2.35. The van der Waals surface area contributed by atoms with Crippen molar-refractivity contribution >= 4 is 28.8 Å². The molecule has 10 heteroatoms. The average molecular weight is 489 g/mol. The van der Waals surface area contributed by atoms with Crippen molar-refractivity contribution in [1.82, 2.24) is 10.6 Å². The number of amides is 2. The van der Waals surface area contributed by atoms with Gasteiger partial charge in [0.05, 0.1) is 26.2 Å². The summed E-state index contributed by atoms with van der Waals surface area (Å²) in [5, 5.41) is 14.7. The number of aryl methyl sites for hydroxylation is 1. The van der Waals surface area contributed by atoms with E-state index in [4.69, 9.17) is 19.0 Å². The Kier molecular flexibility index (Phi) is 8.37. The maximum absolute atomic E-state index is 12.8. The summed E-state index contributed by atoms with van der Waals surface area (Å²) in [5.74, 6) is -1.07. The number of benzene rings is 1. The Bertz CT molecular complexity index is 1160. The van der Waals surface area contributed by atoms with Crippen molar-refractivity contribution in [3.63, 3.8) is 0 Å². The highest BCUT2D eigenvalue weighted by molar-refractivity contribution is 5.90. The van der Waals surface area contributed by atoms with E-state index in [0.717, 1.165) is 32.1 Å². The van der Waals surface area contributed by atoms with E-state index in [2.05, 4.69) is 10.6 Å². The lowest BCUT2D eigenvalue weighted by molar-refractivity contribution is -0.138. The third kappa shape index (κ3) is 6.12. The van der Waals surface area contributed by atoms with Gasteiger partial charge in [0.25, 0.3) is 0 Å². The fourth-order valence-corrected chi connectivity index (χ4v) is 4.77. The number of fused-ring (bicyclic) bond motifs is 1. The Morgan fingerprint density at radius 1 is 1.06 bits per heavy atom. The fourth-order valence-electron chi connectivity index (χ4n) is 4.77. The first-order chi connectivity index (χ1) is 16.7. The summed E-state index contributed by atoms with van der Waals surface area (Å²) < 4.78 is 16.1. The molecule has 0 spiro atoms. The van der Waals surface area contributed by atoms with Gasteiger partial charge in [-0.25, -0.2) is 4.79 Å². The van der Waals surface area contributed by atoms with Crippen molar-refractivity contribution in [2.75, 3.05) is 27.3 Å². The van der Waals surface area contributed by atoms with E-state index in [9.17, 15) is 19.2 Å². The van der Waals surface area contributed by atoms with Crippen molar-refractivity contribution < 1.29 is 33.4 Å². The quantitative estimate of drug-likeness (QED) is 0.432. The number of carboxylic acids is 1. The minimum atomic E-state index is -1.11. The number of carbonyl (C=O) groups is 3. The number of rotatable bonds is 10. The second kappa shape index (κ2) is 11.2. The van der Waals surface area contributed by atoms with Crippen LogP contribution in [0.5, 0.6) is 11.5 Å². The van der Waals surface area contributed by atoms with Gasteiger partial charge in [-0.2, -0.15) is 0 Å². The van der Waals surface area contributed by atoms with Gasteiger partial charge in [0.2, 0.25) is 17.6 Å². The second-order valence-electron chi connectivity index (χ2n) is 9.03. The number of carbonyl (C=O) groups excluding carboxylic acids is 2. The third-order valence-electron chi connectivity index (χ3n) is 6.68. The van der Waals surface area contributed by atoms with E-state index >= 15 is 0 Å². The summed E-state index contributed by atoms with van der Waals surface area (Å²) in [6.45, 7) is 1.59. The van der Waals surface area contributed by atoms with Crippen LogP contribution in [0.15, 0.2) is 21.3 Å². The molecule has 10 nitrogen and oxygen atoms in total. The van der Waals surface area contributed by atoms with Crippen LogP contribution < -0.4 is 25.7 Å². The molecule has 3 N–H and O–H groups in total. The molecule has 0 unspecified atom stereocenters. The molecule has 1 fully saturated rings. The number of nitrogens with one attached hydrogen (secondary N) is 2. The lowest BCUT2D eigenvalue weighted by Gasteiger charge is -2.37. The molecule has 1 aromatic heterocycles. The molecule has 1 saturated carbocycles. The third-order valence-corrected chi connectivity index (χ3v) is 6.68. The fraction of sp³-hybridized carbons (Fsp3) is 0.520. The van der Waals surface area contributed by atoms with E-state index < -0.39 is 23.6 Å². The normalized spacial score (nSPS) is 14.8. The van der Waals surface area contributed by atoms with E-state index in [1.807, 2.05) is 0 Å². The molecule has 0 aliphatic heterocycles. The summed E-state index contributed by atoms with van der Waals surface area (Å²) in [6.07, 6.45) is 4.40. The summed E-state index contributed by atoms with van der Waals surface area (Å²) in [5.41, 5.74) is 0.0554. The molecule has 0 radical (unpaired) electrons. The lowest BCUT2D eigenvalue weighted by atomic mass is 9.71. The van der Waals surface area contributed by atoms with Crippen LogP contribution in [0.2, 0.25) is 0 Å². The largest absolute Gasteiger partial charge is 0.493 e. The molecule has 1 aromatic carbocycles. The van der Waals surface area contributed by atoms with Crippen LogP contribution in [0.4, 0.5) is 0 Å². The molecule has 0 saturated heterocycles. The predicted octanol–water partition coefficient (Wildman–Crippen LogP) is 2.32. The molecule has 0 bridgehead atoms. The number of methoxy groups -OCH3 is 2. The van der Waals surface area contributed by atoms with Crippen LogP contribution in [0, 0.1) is 12.3 Å². The van der Waals surface area contributed by atoms with Crippen molar-refractivity contribution in [2.24, 2.45) is 5.41 Å². The minimum absolute atomic E-state index is 0.138. The van der Waals surface area contributed by atoms with Gasteiger partial charge in [-0.05, 0) is 42.9 Å². The van der Waals surface area contributed by atoms with Crippen molar-refractivity contribution in [3.8, 4) is 11.5 Å². The van der Waals surface area contributed by atoms with Gasteiger partial charge >= 0.3 is 11.6 Å². The van der Waals surface area contributed by atoms with Crippen molar-refractivity contribution in [3.05, 3.63) is 33.7 Å². The first-order valence-electron chi connectivity index (χ1n) is 11.6. The summed E-state index contributed by atoms with van der Waals surface area (Å²) in [7, 11) is 2.94. The molecule has 0 atom stereocenters. The van der Waals surface area contributed by atoms with Gasteiger partial charge in [0.1, 0.15) is 6.54 Å². The second-order valence-corrected chi connectivity index (χ2v) is 9.03. The Morgan fingerprint density at radius 2 is 1.77 bits per heavy atom. The molecule has 2 aromatic rings. The summed E-state index contributed by atoms with van der Waals surface area (Å²) >= 11 is 0. The number of ether oxygens (including phenoxy) is 2. The number of hydrogen-bond donors (Lipinski definition) is 3. The number of carboxylic acid groups (broad SMARTS) is 1. The molecule has 3 rings (SSSR count). The highest BCUT2D eigenvalue weighted by Crippen LogP contribution is 2.39. The molecule has 1 aliphatic carbocycles. The Labute approximate surface area is 203 Å². The van der Waals surface area contributed by atoms with E-state index in [1.54, 1.807) is 19.1 Å². The first kappa shape index (κ1) is 26.1. The molecular formula is C25H32N2O8. The van der Waals surface area contributed by atoms with Crippen LogP contribution in [0.3, 0.4) is 0 Å². The minimum Gasteiger partial charge on any atom is -0.493 e. The topological polar surface area (TPSA) is 144 Å². The first-order valence-corrected chi connectivity index (χ1v) is 11.6. The van der Waals surface area contributed by atoms with Gasteiger partial charge in [0.15, 0.2) is 11.3 Å². The number of hydrogen-bond acceptors (Lipinski definition) is 7. The van der Waals surface area contributed by atoms with E-state index in [0.29, 0.717) is 22.4 Å². The monoisotopic (exact) mass is 488 g/mol. The van der Waals surface area contributed by atoms with Crippen molar-refractivity contribution in [1.29, 1.82) is 0 Å². The Morgan fingerprint density at radius 3 is 2.40 bits per heavy atom. The predicted molar refractivity (Wildman–Crippen MR) is 128 cm³/mol. The summed E-state index contributed by atoms with van der Waals surface area (Å²) in [6, 6.07) is 3.46. The zero-order valence-corrected chi connectivity index (χ0v) is 20.3. The SMILES string of the molecule is COc1ccc2c(C)c(CC(=O)NCC3(CC(=O)NCC(=O)O)CCCCC3)c(=O)oc2c1OC. The summed E-state index contributed by atoms with van der Waals surface area (Å²) in [4.78, 5) is 48.7. The Hall–Kier alpha value is -3.56. The van der Waals surface area contributed by atoms with E-state index in [-0.39, 0.29) is 42.3 Å². The standard InChI is InChI=1S/C25H32N2O8/c1-15-16-7-8-18(33-2)23(34-3)22(16)35-24(32)17(15)11-19(28)27-14-25(9-5-4-6-10-25)12-20(29)26-13-21(30)31/h7-8H,4-6,9-14H2,1-3H3,(H,26,29)(H,27,28)(H,30,31). The lowest BCUT2D eigenvalue weighted by Crippen LogP contribution is -2.43. The zero-order chi connectivity index (χ0) is 25.6. The van der Waals surface area contributed by atoms with Crippen LogP contribution in [0.25, 0.3) is 11.0 Å². The molecule has 1 heterocycles. The van der Waals surface area contributed by atoms with Crippen LogP contribution in [0.1, 0.15) is 49.7 Å². The molecule has 190 valence electrons. The van der Waals surface area contributed by atoms with Crippen molar-refractivity contribution in [2.45, 2.75) is 51.9 Å². The van der Waals surface area contributed by atoms with Gasteiger partial charge < -0.3 is 29.6 Å². The maximum atomic E-state index is 12.8. The van der Waals surface area contributed by atoms with Crippen LogP contribution in [-0.2, 0) is 20.8 Å². The van der Waals surface area contributed by atoms with Crippen LogP contribution >= 0.6 is 0 Å². The van der Waals surface area contributed by atoms with Gasteiger partial charge in [0, 0.05) is 18.4 Å². The van der Waals surface area contributed by atoms with E-state index in [1.165, 1.54) is 14.2 Å². The molecule has 1 aliphatic rings.